The second-order valence-electron chi connectivity index (χ2n) is 25.6. The van der Waals surface area contributed by atoms with Crippen LogP contribution in [0.1, 0.15) is 77.3 Å². The van der Waals surface area contributed by atoms with Crippen molar-refractivity contribution in [2.75, 3.05) is 9.80 Å². The summed E-state index contributed by atoms with van der Waals surface area (Å²) in [5, 5.41) is 0.740. The topological polar surface area (TPSA) is 24.6 Å². The zero-order chi connectivity index (χ0) is 76.9. The number of hydrogen-bond acceptors (Lipinski definition) is 3. The van der Waals surface area contributed by atoms with Crippen molar-refractivity contribution < 1.29 is 29.1 Å². The van der Waals surface area contributed by atoms with Gasteiger partial charge < -0.3 is 18.8 Å². The molecule has 2 aliphatic rings. The van der Waals surface area contributed by atoms with Gasteiger partial charge in [-0.05, 0) is 161 Å². The van der Waals surface area contributed by atoms with Crippen LogP contribution < -0.4 is 26.2 Å². The Morgan fingerprint density at radius 3 is 1.31 bits per heavy atom. The molecule has 0 saturated heterocycles. The van der Waals surface area contributed by atoms with Crippen molar-refractivity contribution in [1.82, 2.24) is 4.57 Å². The summed E-state index contributed by atoms with van der Waals surface area (Å²) in [7, 11) is 0. The normalized spacial score (nSPS) is 15.6. The minimum Gasteiger partial charge on any atom is -0.452 e. The number of hydrogen-bond donors (Lipinski definition) is 0. The first-order valence-electron chi connectivity index (χ1n) is 39.4. The minimum atomic E-state index is -0.729. The molecule has 15 aromatic rings. The third-order valence-corrected chi connectivity index (χ3v) is 18.0. The van der Waals surface area contributed by atoms with Crippen molar-refractivity contribution in [2.24, 2.45) is 0 Å². The molecule has 0 unspecified atom stereocenters. The van der Waals surface area contributed by atoms with Gasteiger partial charge in [-0.25, -0.2) is 0 Å². The number of fused-ring (bicyclic) bond motifs is 10. The molecule has 2 aliphatic heterocycles. The molecule has 434 valence electrons. The van der Waals surface area contributed by atoms with Gasteiger partial charge in [-0.15, -0.1) is 0 Å². The Kier molecular flexibility index (Phi) is 8.83. The summed E-state index contributed by atoms with van der Waals surface area (Å²) in [6.45, 7) is 12.5. The summed E-state index contributed by atoms with van der Waals surface area (Å²) >= 11 is 0. The van der Waals surface area contributed by atoms with Crippen molar-refractivity contribution >= 4 is 101 Å². The molecular formula is C86H66BN3O. The average Bonchev–Trinajstić information content (AvgIpc) is 1.39. The van der Waals surface area contributed by atoms with Gasteiger partial charge in [0.25, 0.3) is 6.71 Å². The van der Waals surface area contributed by atoms with Crippen LogP contribution in [-0.2, 0) is 10.8 Å². The molecule has 5 heteroatoms. The van der Waals surface area contributed by atoms with Crippen LogP contribution in [0.25, 0.3) is 105 Å². The minimum absolute atomic E-state index is 0.0821. The quantitative estimate of drug-likeness (QED) is 0.142. The molecule has 17 rings (SSSR count). The van der Waals surface area contributed by atoms with Gasteiger partial charge in [0.05, 0.1) is 47.1 Å². The van der Waals surface area contributed by atoms with E-state index in [2.05, 4.69) is 125 Å². The number of furan rings is 1. The highest BCUT2D eigenvalue weighted by Gasteiger charge is 2.45. The summed E-state index contributed by atoms with van der Waals surface area (Å²) in [4.78, 5) is 4.15. The molecule has 13 aromatic carbocycles. The van der Waals surface area contributed by atoms with Crippen LogP contribution in [0.5, 0.6) is 0 Å². The fourth-order valence-electron chi connectivity index (χ4n) is 13.6. The van der Waals surface area contributed by atoms with Crippen molar-refractivity contribution in [1.29, 1.82) is 0 Å². The maximum Gasteiger partial charge on any atom is 0.252 e. The van der Waals surface area contributed by atoms with Crippen molar-refractivity contribution in [3.63, 3.8) is 0 Å². The molecule has 4 nitrogen and oxygen atoms in total. The van der Waals surface area contributed by atoms with Crippen molar-refractivity contribution in [2.45, 2.75) is 52.4 Å². The Morgan fingerprint density at radius 1 is 0.319 bits per heavy atom. The van der Waals surface area contributed by atoms with Crippen LogP contribution in [0.4, 0.5) is 34.1 Å². The van der Waals surface area contributed by atoms with Gasteiger partial charge in [0.2, 0.25) is 0 Å². The van der Waals surface area contributed by atoms with Crippen LogP contribution >= 0.6 is 0 Å². The Hall–Kier alpha value is -10.9. The second-order valence-corrected chi connectivity index (χ2v) is 25.6. The summed E-state index contributed by atoms with van der Waals surface area (Å²) in [5.74, 6) is 0. The molecule has 0 amide bonds. The molecule has 0 N–H and O–H groups in total. The highest BCUT2D eigenvalue weighted by atomic mass is 16.3. The molecule has 0 spiro atoms. The van der Waals surface area contributed by atoms with Gasteiger partial charge in [0.15, 0.2) is 11.2 Å². The first-order valence-corrected chi connectivity index (χ1v) is 30.4. The summed E-state index contributed by atoms with van der Waals surface area (Å²) < 4.78 is 175. The van der Waals surface area contributed by atoms with Crippen LogP contribution in [-0.4, -0.2) is 11.3 Å². The average molecular weight is 1190 g/mol. The zero-order valence-electron chi connectivity index (χ0n) is 68.6. The van der Waals surface area contributed by atoms with E-state index in [1.165, 1.54) is 4.57 Å². The van der Waals surface area contributed by atoms with Gasteiger partial charge in [0, 0.05) is 50.0 Å². The zero-order valence-corrected chi connectivity index (χ0v) is 50.6. The Bertz CT molecular complexity index is 6300. The van der Waals surface area contributed by atoms with Crippen LogP contribution in [0.15, 0.2) is 295 Å². The molecule has 91 heavy (non-hydrogen) atoms. The van der Waals surface area contributed by atoms with E-state index >= 15 is 0 Å². The SMILES string of the molecule is [2H]c1c([2H])c([2H])c(-c2ccc3c(c2)N(c2cccc4c2oc2c(-n5c6c([2H])c([2H])c([2H])c([2H])c6c6c([2H])c([2H])c([2H])c([2H])c65)cccc24)c2cc(-c4c([2H])c([2H])c([2H])c([2H])c4[2H])cc4c2B3c2ccc(-c3cc(C(C)(C)C)cc(C(C)(C)C)c3)cc2N4c2cc(-c3ccccc3)cc(-c3ccccc3)c2)c([2H])c1[2H]. The largest absolute Gasteiger partial charge is 0.452 e. The lowest BCUT2D eigenvalue weighted by Crippen LogP contribution is -2.61. The first kappa shape index (κ1) is 38.5. The lowest BCUT2D eigenvalue weighted by atomic mass is 9.33. The van der Waals surface area contributed by atoms with E-state index in [0.29, 0.717) is 50.1 Å². The second kappa shape index (κ2) is 20.9. The molecular weight excluding hydrogens is 1100 g/mol. The smallest absolute Gasteiger partial charge is 0.252 e. The number of benzene rings is 13. The summed E-state index contributed by atoms with van der Waals surface area (Å²) in [5.41, 5.74) is 13.2. The van der Waals surface area contributed by atoms with E-state index in [-0.39, 0.29) is 71.7 Å². The highest BCUT2D eigenvalue weighted by molar-refractivity contribution is 7.00. The first-order chi connectivity index (χ1) is 51.9. The monoisotopic (exact) mass is 1190 g/mol. The third-order valence-electron chi connectivity index (χ3n) is 18.0. The molecule has 0 aliphatic carbocycles. The summed E-state index contributed by atoms with van der Waals surface area (Å²) in [6.07, 6.45) is 0. The lowest BCUT2D eigenvalue weighted by molar-refractivity contribution is 0.569. The van der Waals surface area contributed by atoms with Gasteiger partial charge in [-0.3, -0.25) is 0 Å². The fourth-order valence-corrected chi connectivity index (χ4v) is 13.6. The molecule has 0 saturated carbocycles. The number of aromatic nitrogens is 1. The molecule has 0 bridgehead atoms. The number of rotatable bonds is 8. The van der Waals surface area contributed by atoms with Crippen molar-refractivity contribution in [3.05, 3.63) is 302 Å². The number of anilines is 6. The standard InChI is InChI=1S/C86H66BN3O/c1-85(2,3)65-46-63(47-66(54-65)86(4,5)6)60-42-44-72-78(51-60)88(67-48-61(56-27-13-8-14-28-56)45-62(49-67)57-29-15-9-16-30-57)80-52-64(58-31-17-10-18-32-58)53-81-82(80)87(72)73-43-41-59(55-25-11-7-12-26-55)50-79(73)90(81)77-40-24-36-71-70-35-23-39-76(83(70)91-84(71)77)89-74-37-21-19-33-68(74)69-34-20-22-38-75(69)89/h7-54H,1-6H3/i7D,10D,11D,12D,17D,18D,19D,20D,21D,22D,25D,26D,31D,32D,33D,34D,37D,38D. The number of nitrogens with zero attached hydrogens (tertiary/aromatic N) is 3. The Balaban J connectivity index is 1.04. The molecule has 2 aromatic heterocycles. The van der Waals surface area contributed by atoms with Gasteiger partial charge in [-0.1, -0.05) is 266 Å². The lowest BCUT2D eigenvalue weighted by Gasteiger charge is -2.44. The third kappa shape index (κ3) is 8.97. The van der Waals surface area contributed by atoms with Gasteiger partial charge in [-0.2, -0.15) is 0 Å². The van der Waals surface area contributed by atoms with Gasteiger partial charge in [0.1, 0.15) is 0 Å². The van der Waals surface area contributed by atoms with E-state index in [0.717, 1.165) is 55.7 Å². The Labute approximate surface area is 557 Å². The number of para-hydroxylation sites is 4. The van der Waals surface area contributed by atoms with E-state index in [1.807, 2.05) is 83.8 Å². The summed E-state index contributed by atoms with van der Waals surface area (Å²) in [6, 6.07) is 50.1. The molecule has 0 fully saturated rings. The predicted octanol–water partition coefficient (Wildman–Crippen LogP) is 21.7. The maximum absolute atomic E-state index is 9.83. The molecule has 0 atom stereocenters. The van der Waals surface area contributed by atoms with Crippen molar-refractivity contribution in [3.8, 4) is 61.3 Å². The maximum atomic E-state index is 9.83. The Morgan fingerprint density at radius 2 is 0.758 bits per heavy atom. The predicted molar refractivity (Wildman–Crippen MR) is 387 cm³/mol. The molecule has 0 radical (unpaired) electrons. The molecule has 4 heterocycles. The van der Waals surface area contributed by atoms with Crippen LogP contribution in [0.2, 0.25) is 0 Å². The highest BCUT2D eigenvalue weighted by Crippen LogP contribution is 2.51. The van der Waals surface area contributed by atoms with Crippen LogP contribution in [0, 0.1) is 0 Å². The van der Waals surface area contributed by atoms with E-state index < -0.39 is 115 Å². The van der Waals surface area contributed by atoms with E-state index in [1.54, 1.807) is 24.3 Å². The van der Waals surface area contributed by atoms with E-state index in [9.17, 15) is 13.7 Å². The van der Waals surface area contributed by atoms with E-state index in [4.69, 9.17) is 15.4 Å². The van der Waals surface area contributed by atoms with Crippen LogP contribution in [0.3, 0.4) is 0 Å². The fraction of sp³-hybridized carbons (Fsp3) is 0.0930. The van der Waals surface area contributed by atoms with Gasteiger partial charge >= 0.3 is 0 Å².